The molecule has 2 aliphatic heterocycles. The third-order valence-corrected chi connectivity index (χ3v) is 4.88. The SMILES string of the molecule is CCCCCc1cc2c3c(c1)OC(C)(C)[C@H](C/C=C(/C)O2)C3=O. The second-order valence-electron chi connectivity index (χ2n) is 7.20. The lowest BCUT2D eigenvalue weighted by Gasteiger charge is -2.40. The van der Waals surface area contributed by atoms with Gasteiger partial charge >= 0.3 is 0 Å². The van der Waals surface area contributed by atoms with Crippen LogP contribution in [0, 0.1) is 5.92 Å². The van der Waals surface area contributed by atoms with Crippen LogP contribution in [0.25, 0.3) is 0 Å². The molecule has 1 aromatic carbocycles. The Labute approximate surface area is 138 Å². The van der Waals surface area contributed by atoms with Gasteiger partial charge in [0.25, 0.3) is 0 Å². The minimum atomic E-state index is -0.489. The maximum Gasteiger partial charge on any atom is 0.177 e. The first-order chi connectivity index (χ1) is 10.9. The summed E-state index contributed by atoms with van der Waals surface area (Å²) in [4.78, 5) is 13.0. The van der Waals surface area contributed by atoms with Crippen LogP contribution in [0.2, 0.25) is 0 Å². The van der Waals surface area contributed by atoms with Gasteiger partial charge in [-0.2, -0.15) is 0 Å². The van der Waals surface area contributed by atoms with Crippen molar-refractivity contribution in [2.75, 3.05) is 0 Å². The van der Waals surface area contributed by atoms with E-state index in [4.69, 9.17) is 9.47 Å². The molecular weight excluding hydrogens is 288 g/mol. The molecule has 0 aromatic heterocycles. The van der Waals surface area contributed by atoms with Crippen molar-refractivity contribution in [3.05, 3.63) is 35.1 Å². The van der Waals surface area contributed by atoms with Crippen molar-refractivity contribution in [2.45, 2.75) is 65.4 Å². The number of benzene rings is 1. The molecule has 3 heteroatoms. The molecule has 1 aromatic rings. The highest BCUT2D eigenvalue weighted by Gasteiger charge is 2.44. The summed E-state index contributed by atoms with van der Waals surface area (Å²) in [5.74, 6) is 2.20. The van der Waals surface area contributed by atoms with Gasteiger partial charge in [0.2, 0.25) is 0 Å². The molecule has 0 spiro atoms. The fourth-order valence-electron chi connectivity index (χ4n) is 3.51. The Morgan fingerprint density at radius 1 is 1.22 bits per heavy atom. The van der Waals surface area contributed by atoms with E-state index in [0.29, 0.717) is 23.5 Å². The maximum atomic E-state index is 13.0. The zero-order valence-electron chi connectivity index (χ0n) is 14.6. The molecule has 0 N–H and O–H groups in total. The average Bonchev–Trinajstić information content (AvgIpc) is 2.44. The molecule has 23 heavy (non-hydrogen) atoms. The van der Waals surface area contributed by atoms with E-state index in [0.717, 1.165) is 18.6 Å². The van der Waals surface area contributed by atoms with Crippen LogP contribution in [0.5, 0.6) is 11.5 Å². The molecule has 0 saturated heterocycles. The third kappa shape index (κ3) is 3.01. The highest BCUT2D eigenvalue weighted by atomic mass is 16.5. The number of ketones is 1. The summed E-state index contributed by atoms with van der Waals surface area (Å²) in [6.07, 6.45) is 7.20. The second kappa shape index (κ2) is 6.03. The number of fused-ring (bicyclic) bond motifs is 1. The number of ether oxygens (including phenoxy) is 2. The summed E-state index contributed by atoms with van der Waals surface area (Å²) in [5.41, 5.74) is 1.32. The molecule has 3 rings (SSSR count). The number of carbonyl (C=O) groups excluding carboxylic acids is 1. The molecule has 0 radical (unpaired) electrons. The van der Waals surface area contributed by atoms with Crippen LogP contribution in [0.1, 0.15) is 69.3 Å². The fourth-order valence-corrected chi connectivity index (χ4v) is 3.51. The predicted molar refractivity (Wildman–Crippen MR) is 91.2 cm³/mol. The van der Waals surface area contributed by atoms with Gasteiger partial charge in [-0.25, -0.2) is 0 Å². The van der Waals surface area contributed by atoms with Crippen LogP contribution in [0.3, 0.4) is 0 Å². The molecule has 0 unspecified atom stereocenters. The van der Waals surface area contributed by atoms with Crippen LogP contribution in [0.4, 0.5) is 0 Å². The van der Waals surface area contributed by atoms with E-state index in [1.54, 1.807) is 0 Å². The number of unbranched alkanes of at least 4 members (excludes halogenated alkanes) is 2. The lowest BCUT2D eigenvalue weighted by atomic mass is 9.78. The summed E-state index contributed by atoms with van der Waals surface area (Å²) in [7, 11) is 0. The predicted octanol–water partition coefficient (Wildman–Crippen LogP) is 5.08. The van der Waals surface area contributed by atoms with E-state index >= 15 is 0 Å². The minimum Gasteiger partial charge on any atom is -0.486 e. The largest absolute Gasteiger partial charge is 0.486 e. The molecule has 2 heterocycles. The standard InChI is InChI=1S/C20H26O3/c1-5-6-7-8-14-11-16-18-17(12-14)23-20(3,4)15(19(18)21)10-9-13(2)22-16/h9,11-12,15H,5-8,10H2,1-4H3/b13-9-/t15-/m1/s1. The molecule has 0 saturated carbocycles. The van der Waals surface area contributed by atoms with Gasteiger partial charge in [0.15, 0.2) is 5.78 Å². The Kier molecular flexibility index (Phi) is 4.22. The topological polar surface area (TPSA) is 35.5 Å². The van der Waals surface area contributed by atoms with Crippen LogP contribution >= 0.6 is 0 Å². The first kappa shape index (κ1) is 16.1. The molecule has 3 nitrogen and oxygen atoms in total. The van der Waals surface area contributed by atoms with Gasteiger partial charge in [0.1, 0.15) is 22.7 Å². The second-order valence-corrected chi connectivity index (χ2v) is 7.20. The van der Waals surface area contributed by atoms with E-state index < -0.39 is 5.60 Å². The van der Waals surface area contributed by atoms with Crippen LogP contribution in [-0.2, 0) is 6.42 Å². The molecular formula is C20H26O3. The summed E-state index contributed by atoms with van der Waals surface area (Å²) in [5, 5.41) is 0. The van der Waals surface area contributed by atoms with Crippen molar-refractivity contribution in [2.24, 2.45) is 5.92 Å². The monoisotopic (exact) mass is 314 g/mol. The van der Waals surface area contributed by atoms with Crippen molar-refractivity contribution >= 4 is 5.78 Å². The first-order valence-electron chi connectivity index (χ1n) is 8.67. The highest BCUT2D eigenvalue weighted by Crippen LogP contribution is 2.45. The Balaban J connectivity index is 2.07. The van der Waals surface area contributed by atoms with Crippen LogP contribution in [0.15, 0.2) is 24.0 Å². The Morgan fingerprint density at radius 2 is 1.96 bits per heavy atom. The lowest BCUT2D eigenvalue weighted by molar-refractivity contribution is 0.0256. The number of carbonyl (C=O) groups is 1. The molecule has 124 valence electrons. The zero-order chi connectivity index (χ0) is 16.6. The van der Waals surface area contributed by atoms with Crippen molar-refractivity contribution < 1.29 is 14.3 Å². The van der Waals surface area contributed by atoms with Crippen LogP contribution in [-0.4, -0.2) is 11.4 Å². The minimum absolute atomic E-state index is 0.148. The molecule has 0 fully saturated rings. The maximum absolute atomic E-state index is 13.0. The van der Waals surface area contributed by atoms with Gasteiger partial charge in [-0.15, -0.1) is 0 Å². The fraction of sp³-hybridized carbons (Fsp3) is 0.550. The number of hydrogen-bond acceptors (Lipinski definition) is 3. The number of aryl methyl sites for hydroxylation is 1. The van der Waals surface area contributed by atoms with Crippen molar-refractivity contribution in [1.29, 1.82) is 0 Å². The highest BCUT2D eigenvalue weighted by molar-refractivity contribution is 6.04. The van der Waals surface area contributed by atoms with E-state index in [1.807, 2.05) is 39.0 Å². The van der Waals surface area contributed by atoms with Gasteiger partial charge in [-0.3, -0.25) is 4.79 Å². The lowest BCUT2D eigenvalue weighted by Crippen LogP contribution is -2.46. The van der Waals surface area contributed by atoms with Crippen molar-refractivity contribution in [3.8, 4) is 11.5 Å². The van der Waals surface area contributed by atoms with E-state index in [1.165, 1.54) is 18.4 Å². The van der Waals surface area contributed by atoms with E-state index in [-0.39, 0.29) is 11.7 Å². The summed E-state index contributed by atoms with van der Waals surface area (Å²) >= 11 is 0. The molecule has 1 atom stereocenters. The van der Waals surface area contributed by atoms with Gasteiger partial charge in [0, 0.05) is 0 Å². The zero-order valence-corrected chi connectivity index (χ0v) is 14.6. The number of Topliss-reactive ketones (excluding diaryl/α,β-unsaturated/α-hetero) is 1. The van der Waals surface area contributed by atoms with Gasteiger partial charge in [0.05, 0.1) is 11.7 Å². The summed E-state index contributed by atoms with van der Waals surface area (Å²) in [6, 6.07) is 4.06. The van der Waals surface area contributed by atoms with Gasteiger partial charge in [-0.05, 0) is 63.8 Å². The van der Waals surface area contributed by atoms with Crippen molar-refractivity contribution in [1.82, 2.24) is 0 Å². The molecule has 2 bridgehead atoms. The van der Waals surface area contributed by atoms with E-state index in [9.17, 15) is 4.79 Å². The summed E-state index contributed by atoms with van der Waals surface area (Å²) < 4.78 is 12.2. The van der Waals surface area contributed by atoms with Crippen LogP contribution < -0.4 is 9.47 Å². The van der Waals surface area contributed by atoms with Gasteiger partial charge in [-0.1, -0.05) is 19.8 Å². The Hall–Kier alpha value is -1.77. The smallest absolute Gasteiger partial charge is 0.177 e. The number of rotatable bonds is 4. The molecule has 2 aliphatic rings. The molecule has 0 amide bonds. The quantitative estimate of drug-likeness (QED) is 0.727. The molecule has 0 aliphatic carbocycles. The number of allylic oxidation sites excluding steroid dienone is 2. The van der Waals surface area contributed by atoms with Crippen molar-refractivity contribution in [3.63, 3.8) is 0 Å². The Morgan fingerprint density at radius 3 is 2.70 bits per heavy atom. The van der Waals surface area contributed by atoms with E-state index in [2.05, 4.69) is 6.92 Å². The summed E-state index contributed by atoms with van der Waals surface area (Å²) in [6.45, 7) is 8.17. The average molecular weight is 314 g/mol. The van der Waals surface area contributed by atoms with Gasteiger partial charge < -0.3 is 9.47 Å². The first-order valence-corrected chi connectivity index (χ1v) is 8.67. The normalized spacial score (nSPS) is 23.9. The Bertz CT molecular complexity index is 655. The third-order valence-electron chi connectivity index (χ3n) is 4.88. The number of hydrogen-bond donors (Lipinski definition) is 0.